The van der Waals surface area contributed by atoms with E-state index < -0.39 is 6.10 Å². The zero-order chi connectivity index (χ0) is 11.7. The van der Waals surface area contributed by atoms with Gasteiger partial charge in [-0.05, 0) is 12.1 Å². The highest BCUT2D eigenvalue weighted by molar-refractivity contribution is 6.35. The normalized spacial score (nSPS) is 20.3. The zero-order valence-corrected chi connectivity index (χ0v) is 9.57. The Morgan fingerprint density at radius 1 is 1.56 bits per heavy atom. The Balaban J connectivity index is 2.37. The minimum absolute atomic E-state index is 0.123. The van der Waals surface area contributed by atoms with Gasteiger partial charge in [-0.15, -0.1) is 0 Å². The van der Waals surface area contributed by atoms with E-state index in [4.69, 9.17) is 16.3 Å². The molecule has 1 fully saturated rings. The first kappa shape index (κ1) is 11.2. The summed E-state index contributed by atoms with van der Waals surface area (Å²) in [6, 6.07) is 5.22. The number of β-amino-alcohol motifs (C(OH)–C–C–N with tert-alkyl or cyclic N) is 1. The first-order chi connectivity index (χ1) is 7.63. The summed E-state index contributed by atoms with van der Waals surface area (Å²) in [6.07, 6.45) is -0.470. The Kier molecular flexibility index (Phi) is 3.03. The number of carbonyl (C=O) groups excluding carboxylic acids is 1. The number of anilines is 1. The maximum Gasteiger partial charge on any atom is 0.229 e. The monoisotopic (exact) mass is 241 g/mol. The molecule has 1 atom stereocenters. The van der Waals surface area contributed by atoms with Gasteiger partial charge in [-0.1, -0.05) is 17.7 Å². The lowest BCUT2D eigenvalue weighted by atomic mass is 10.2. The van der Waals surface area contributed by atoms with E-state index >= 15 is 0 Å². The van der Waals surface area contributed by atoms with Crippen molar-refractivity contribution in [1.82, 2.24) is 0 Å². The summed E-state index contributed by atoms with van der Waals surface area (Å²) in [4.78, 5) is 13.1. The molecule has 1 aliphatic heterocycles. The molecule has 2 rings (SSSR count). The fourth-order valence-corrected chi connectivity index (χ4v) is 2.09. The van der Waals surface area contributed by atoms with Gasteiger partial charge >= 0.3 is 0 Å². The van der Waals surface area contributed by atoms with Gasteiger partial charge in [0.05, 0.1) is 31.9 Å². The lowest BCUT2D eigenvalue weighted by Crippen LogP contribution is -2.25. The average molecular weight is 242 g/mol. The Morgan fingerprint density at radius 2 is 2.31 bits per heavy atom. The van der Waals surface area contributed by atoms with Crippen molar-refractivity contribution in [3.8, 4) is 5.75 Å². The van der Waals surface area contributed by atoms with Crippen LogP contribution < -0.4 is 9.64 Å². The predicted octanol–water partition coefficient (Wildman–Crippen LogP) is 1.45. The van der Waals surface area contributed by atoms with E-state index in [-0.39, 0.29) is 18.9 Å². The highest BCUT2D eigenvalue weighted by atomic mass is 35.5. The summed E-state index contributed by atoms with van der Waals surface area (Å²) >= 11 is 6.10. The minimum atomic E-state index is -0.616. The van der Waals surface area contributed by atoms with Crippen molar-refractivity contribution in [3.63, 3.8) is 0 Å². The number of benzene rings is 1. The summed E-state index contributed by atoms with van der Waals surface area (Å²) in [6.45, 7) is 0.283. The molecule has 0 bridgehead atoms. The maximum atomic E-state index is 11.6. The third-order valence-corrected chi connectivity index (χ3v) is 2.94. The molecule has 1 amide bonds. The van der Waals surface area contributed by atoms with Crippen LogP contribution in [0.4, 0.5) is 5.69 Å². The van der Waals surface area contributed by atoms with Crippen molar-refractivity contribution in [3.05, 3.63) is 23.2 Å². The number of hydrogen-bond donors (Lipinski definition) is 1. The topological polar surface area (TPSA) is 49.8 Å². The van der Waals surface area contributed by atoms with Gasteiger partial charge in [0.1, 0.15) is 10.8 Å². The standard InChI is InChI=1S/C11H12ClNO3/c1-16-9-4-2-3-8(11(9)12)13-6-7(14)5-10(13)15/h2-4,7,14H,5-6H2,1H3. The van der Waals surface area contributed by atoms with E-state index in [0.29, 0.717) is 16.5 Å². The molecule has 16 heavy (non-hydrogen) atoms. The quantitative estimate of drug-likeness (QED) is 0.853. The summed E-state index contributed by atoms with van der Waals surface area (Å²) < 4.78 is 5.07. The molecule has 1 unspecified atom stereocenters. The number of halogens is 1. The van der Waals surface area contributed by atoms with Gasteiger partial charge in [0.25, 0.3) is 0 Å². The lowest BCUT2D eigenvalue weighted by Gasteiger charge is -2.18. The van der Waals surface area contributed by atoms with Gasteiger partial charge in [-0.2, -0.15) is 0 Å². The fraction of sp³-hybridized carbons (Fsp3) is 0.364. The molecule has 1 saturated heterocycles. The molecule has 0 aromatic heterocycles. The molecule has 0 saturated carbocycles. The van der Waals surface area contributed by atoms with Crippen LogP contribution in [0.2, 0.25) is 5.02 Å². The number of amides is 1. The second-order valence-corrected chi connectivity index (χ2v) is 4.03. The number of aliphatic hydroxyl groups excluding tert-OH is 1. The van der Waals surface area contributed by atoms with Crippen molar-refractivity contribution in [2.24, 2.45) is 0 Å². The van der Waals surface area contributed by atoms with Crippen LogP contribution in [0.25, 0.3) is 0 Å². The SMILES string of the molecule is COc1cccc(N2CC(O)CC2=O)c1Cl. The second kappa shape index (κ2) is 4.31. The van der Waals surface area contributed by atoms with Crippen LogP contribution in [-0.2, 0) is 4.79 Å². The smallest absolute Gasteiger partial charge is 0.229 e. The van der Waals surface area contributed by atoms with Gasteiger partial charge in [0.2, 0.25) is 5.91 Å². The van der Waals surface area contributed by atoms with E-state index in [1.54, 1.807) is 18.2 Å². The van der Waals surface area contributed by atoms with Crippen LogP contribution in [0, 0.1) is 0 Å². The Labute approximate surface area is 98.4 Å². The van der Waals surface area contributed by atoms with Gasteiger partial charge in [-0.3, -0.25) is 4.79 Å². The number of aliphatic hydroxyl groups is 1. The number of methoxy groups -OCH3 is 1. The third kappa shape index (κ3) is 1.86. The van der Waals surface area contributed by atoms with Gasteiger partial charge in [0, 0.05) is 0 Å². The molecule has 1 aromatic carbocycles. The van der Waals surface area contributed by atoms with Crippen molar-refractivity contribution in [2.75, 3.05) is 18.6 Å². The van der Waals surface area contributed by atoms with Crippen LogP contribution >= 0.6 is 11.6 Å². The van der Waals surface area contributed by atoms with Crippen molar-refractivity contribution in [1.29, 1.82) is 0 Å². The first-order valence-electron chi connectivity index (χ1n) is 4.94. The van der Waals surface area contributed by atoms with Crippen LogP contribution in [0.3, 0.4) is 0 Å². The number of ether oxygens (including phenoxy) is 1. The van der Waals surface area contributed by atoms with Crippen LogP contribution in [0.1, 0.15) is 6.42 Å². The largest absolute Gasteiger partial charge is 0.495 e. The van der Waals surface area contributed by atoms with Crippen molar-refractivity contribution >= 4 is 23.2 Å². The highest BCUT2D eigenvalue weighted by Gasteiger charge is 2.30. The Bertz CT molecular complexity index is 422. The van der Waals surface area contributed by atoms with Crippen LogP contribution in [-0.4, -0.2) is 30.8 Å². The number of hydrogen-bond acceptors (Lipinski definition) is 3. The molecule has 0 radical (unpaired) electrons. The molecule has 5 heteroatoms. The summed E-state index contributed by atoms with van der Waals surface area (Å²) in [7, 11) is 1.52. The van der Waals surface area contributed by atoms with Gasteiger partial charge in [-0.25, -0.2) is 0 Å². The summed E-state index contributed by atoms with van der Waals surface area (Å²) in [5.41, 5.74) is 0.586. The van der Waals surface area contributed by atoms with Gasteiger partial charge < -0.3 is 14.7 Å². The molecule has 0 aliphatic carbocycles. The van der Waals surface area contributed by atoms with Crippen LogP contribution in [0.15, 0.2) is 18.2 Å². The second-order valence-electron chi connectivity index (χ2n) is 3.66. The van der Waals surface area contributed by atoms with E-state index in [1.165, 1.54) is 12.0 Å². The predicted molar refractivity (Wildman–Crippen MR) is 61.0 cm³/mol. The van der Waals surface area contributed by atoms with E-state index in [1.807, 2.05) is 0 Å². The Morgan fingerprint density at radius 3 is 2.88 bits per heavy atom. The number of rotatable bonds is 2. The average Bonchev–Trinajstić information content (AvgIpc) is 2.58. The summed E-state index contributed by atoms with van der Waals surface area (Å²) in [5.74, 6) is 0.399. The first-order valence-corrected chi connectivity index (χ1v) is 5.32. The molecule has 0 spiro atoms. The Hall–Kier alpha value is -1.26. The van der Waals surface area contributed by atoms with E-state index in [0.717, 1.165) is 0 Å². The zero-order valence-electron chi connectivity index (χ0n) is 8.81. The molecule has 1 heterocycles. The molecular formula is C11H12ClNO3. The molecule has 86 valence electrons. The minimum Gasteiger partial charge on any atom is -0.495 e. The molecule has 1 aromatic rings. The highest BCUT2D eigenvalue weighted by Crippen LogP contribution is 2.36. The maximum absolute atomic E-state index is 11.6. The molecule has 4 nitrogen and oxygen atoms in total. The van der Waals surface area contributed by atoms with Crippen molar-refractivity contribution < 1.29 is 14.6 Å². The van der Waals surface area contributed by atoms with E-state index in [2.05, 4.69) is 0 Å². The third-order valence-electron chi connectivity index (χ3n) is 2.56. The molecule has 1 N–H and O–H groups in total. The van der Waals surface area contributed by atoms with E-state index in [9.17, 15) is 9.90 Å². The number of nitrogens with zero attached hydrogens (tertiary/aromatic N) is 1. The van der Waals surface area contributed by atoms with Gasteiger partial charge in [0.15, 0.2) is 0 Å². The van der Waals surface area contributed by atoms with Crippen molar-refractivity contribution in [2.45, 2.75) is 12.5 Å². The lowest BCUT2D eigenvalue weighted by molar-refractivity contribution is -0.117. The summed E-state index contributed by atoms with van der Waals surface area (Å²) in [5, 5.41) is 9.81. The van der Waals surface area contributed by atoms with Crippen LogP contribution in [0.5, 0.6) is 5.75 Å². The molecular weight excluding hydrogens is 230 g/mol. The fourth-order valence-electron chi connectivity index (χ4n) is 1.79. The molecule has 1 aliphatic rings. The number of carbonyl (C=O) groups is 1.